The van der Waals surface area contributed by atoms with Crippen molar-refractivity contribution in [1.82, 2.24) is 4.98 Å². The lowest BCUT2D eigenvalue weighted by atomic mass is 10.2. The Morgan fingerprint density at radius 3 is 2.93 bits per heavy atom. The van der Waals surface area contributed by atoms with Crippen molar-refractivity contribution in [1.29, 1.82) is 0 Å². The van der Waals surface area contributed by atoms with E-state index in [4.69, 9.17) is 11.6 Å². The first kappa shape index (κ1) is 12.5. The molecule has 0 radical (unpaired) electrons. The number of nitrogens with one attached hydrogen (secondary N) is 1. The molecule has 0 saturated carbocycles. The maximum absolute atomic E-state index is 11.5. The van der Waals surface area contributed by atoms with Crippen molar-refractivity contribution < 1.29 is 4.79 Å². The summed E-state index contributed by atoms with van der Waals surface area (Å²) in [5.74, 6) is 0.470. The number of hydrogen-bond acceptors (Lipinski definition) is 2. The van der Waals surface area contributed by atoms with Crippen LogP contribution in [0, 0.1) is 6.92 Å². The molecule has 0 aliphatic carbocycles. The number of aryl methyl sites for hydroxylation is 1. The van der Waals surface area contributed by atoms with Gasteiger partial charge in [0.05, 0.1) is 9.85 Å². The Hall–Kier alpha value is -0.610. The van der Waals surface area contributed by atoms with Crippen molar-refractivity contribution in [3.8, 4) is 0 Å². The summed E-state index contributed by atoms with van der Waals surface area (Å²) >= 11 is 9.03. The third kappa shape index (κ3) is 3.47. The zero-order valence-electron chi connectivity index (χ0n) is 8.55. The van der Waals surface area contributed by atoms with Gasteiger partial charge < -0.3 is 5.32 Å². The van der Waals surface area contributed by atoms with E-state index in [0.29, 0.717) is 10.8 Å². The van der Waals surface area contributed by atoms with Crippen LogP contribution in [-0.2, 0) is 4.79 Å². The number of nitrogens with zero attached hydrogens (tertiary/aromatic N) is 1. The first-order valence-electron chi connectivity index (χ1n) is 4.61. The lowest BCUT2D eigenvalue weighted by Crippen LogP contribution is -2.23. The molecule has 1 amide bonds. The minimum absolute atomic E-state index is 0.0876. The molecule has 0 fully saturated rings. The molecule has 3 nitrogen and oxygen atoms in total. The van der Waals surface area contributed by atoms with Crippen LogP contribution in [0.25, 0.3) is 0 Å². The van der Waals surface area contributed by atoms with Gasteiger partial charge in [-0.2, -0.15) is 0 Å². The summed E-state index contributed by atoms with van der Waals surface area (Å²) in [7, 11) is 0. The van der Waals surface area contributed by atoms with Gasteiger partial charge in [-0.05, 0) is 25.0 Å². The highest BCUT2D eigenvalue weighted by Crippen LogP contribution is 2.17. The Morgan fingerprint density at radius 2 is 2.40 bits per heavy atom. The molecule has 0 aromatic carbocycles. The molecule has 82 valence electrons. The number of halogens is 2. The van der Waals surface area contributed by atoms with Crippen molar-refractivity contribution in [3.63, 3.8) is 0 Å². The number of aromatic nitrogens is 1. The molecule has 1 aromatic heterocycles. The number of carbonyl (C=O) groups excluding carboxylic acids is 1. The van der Waals surface area contributed by atoms with Crippen molar-refractivity contribution in [2.45, 2.75) is 25.1 Å². The molecule has 1 unspecified atom stereocenters. The van der Waals surface area contributed by atoms with Crippen molar-refractivity contribution in [2.75, 3.05) is 5.32 Å². The Kier molecular flexibility index (Phi) is 4.54. The molecule has 5 heteroatoms. The van der Waals surface area contributed by atoms with E-state index in [1.54, 1.807) is 6.07 Å². The van der Waals surface area contributed by atoms with E-state index in [-0.39, 0.29) is 10.7 Å². The molecule has 1 heterocycles. The maximum atomic E-state index is 11.5. The molecule has 0 spiro atoms. The molecule has 0 bridgehead atoms. The Morgan fingerprint density at radius 1 is 1.73 bits per heavy atom. The Labute approximate surface area is 102 Å². The van der Waals surface area contributed by atoms with E-state index in [2.05, 4.69) is 26.2 Å². The number of alkyl halides is 1. The van der Waals surface area contributed by atoms with E-state index in [9.17, 15) is 4.79 Å². The van der Waals surface area contributed by atoms with Crippen LogP contribution in [0.5, 0.6) is 0 Å². The standard InChI is InChI=1S/C10H12BrClN2O/c1-3-8(11)10(15)14-9-6(2)4-7(12)5-13-9/h4-5,8H,3H2,1-2H3,(H,13,14,15). The first-order chi connectivity index (χ1) is 7.04. The van der Waals surface area contributed by atoms with Crippen LogP contribution >= 0.6 is 27.5 Å². The van der Waals surface area contributed by atoms with Gasteiger partial charge in [0.2, 0.25) is 5.91 Å². The molecule has 1 atom stereocenters. The molecule has 1 aromatic rings. The van der Waals surface area contributed by atoms with Gasteiger partial charge in [0, 0.05) is 6.20 Å². The van der Waals surface area contributed by atoms with Gasteiger partial charge >= 0.3 is 0 Å². The van der Waals surface area contributed by atoms with Crippen LogP contribution in [-0.4, -0.2) is 15.7 Å². The van der Waals surface area contributed by atoms with Gasteiger partial charge in [-0.15, -0.1) is 0 Å². The number of pyridine rings is 1. The maximum Gasteiger partial charge on any atom is 0.239 e. The van der Waals surface area contributed by atoms with Crippen molar-refractivity contribution >= 4 is 39.3 Å². The predicted octanol–water partition coefficient (Wildman–Crippen LogP) is 3.16. The van der Waals surface area contributed by atoms with Gasteiger partial charge in [-0.25, -0.2) is 4.98 Å². The van der Waals surface area contributed by atoms with Crippen LogP contribution in [0.1, 0.15) is 18.9 Å². The third-order valence-corrected chi connectivity index (χ3v) is 3.20. The molecule has 15 heavy (non-hydrogen) atoms. The fraction of sp³-hybridized carbons (Fsp3) is 0.400. The molecule has 1 rings (SSSR count). The van der Waals surface area contributed by atoms with Gasteiger partial charge in [-0.3, -0.25) is 4.79 Å². The van der Waals surface area contributed by atoms with Crippen LogP contribution in [0.3, 0.4) is 0 Å². The number of amides is 1. The number of carbonyl (C=O) groups is 1. The van der Waals surface area contributed by atoms with Gasteiger partial charge in [0.1, 0.15) is 5.82 Å². The van der Waals surface area contributed by atoms with Gasteiger partial charge in [-0.1, -0.05) is 34.5 Å². The third-order valence-electron chi connectivity index (χ3n) is 1.93. The fourth-order valence-corrected chi connectivity index (χ4v) is 1.38. The molecule has 1 N–H and O–H groups in total. The monoisotopic (exact) mass is 290 g/mol. The lowest BCUT2D eigenvalue weighted by Gasteiger charge is -2.09. The normalized spacial score (nSPS) is 12.3. The Bertz CT molecular complexity index is 370. The highest BCUT2D eigenvalue weighted by molar-refractivity contribution is 9.10. The van der Waals surface area contributed by atoms with E-state index >= 15 is 0 Å². The zero-order valence-corrected chi connectivity index (χ0v) is 10.9. The fourth-order valence-electron chi connectivity index (χ4n) is 1.05. The van der Waals surface area contributed by atoms with Gasteiger partial charge in [0.15, 0.2) is 0 Å². The van der Waals surface area contributed by atoms with Crippen LogP contribution in [0.2, 0.25) is 5.02 Å². The van der Waals surface area contributed by atoms with E-state index < -0.39 is 0 Å². The summed E-state index contributed by atoms with van der Waals surface area (Å²) in [6.07, 6.45) is 2.25. The quantitative estimate of drug-likeness (QED) is 0.869. The molecular weight excluding hydrogens is 279 g/mol. The van der Waals surface area contributed by atoms with Gasteiger partial charge in [0.25, 0.3) is 0 Å². The largest absolute Gasteiger partial charge is 0.310 e. The van der Waals surface area contributed by atoms with Crippen LogP contribution in [0.15, 0.2) is 12.3 Å². The number of anilines is 1. The second-order valence-corrected chi connectivity index (χ2v) is 4.73. The summed E-state index contributed by atoms with van der Waals surface area (Å²) in [6.45, 7) is 3.78. The lowest BCUT2D eigenvalue weighted by molar-refractivity contribution is -0.115. The highest BCUT2D eigenvalue weighted by Gasteiger charge is 2.13. The van der Waals surface area contributed by atoms with E-state index in [1.165, 1.54) is 6.20 Å². The smallest absolute Gasteiger partial charge is 0.239 e. The summed E-state index contributed by atoms with van der Waals surface area (Å²) in [4.78, 5) is 15.4. The average molecular weight is 292 g/mol. The van der Waals surface area contributed by atoms with E-state index in [0.717, 1.165) is 12.0 Å². The molecule has 0 aliphatic rings. The minimum atomic E-state index is -0.186. The van der Waals surface area contributed by atoms with Crippen molar-refractivity contribution in [3.05, 3.63) is 22.8 Å². The summed E-state index contributed by atoms with van der Waals surface area (Å²) in [5, 5.41) is 3.30. The molecule has 0 saturated heterocycles. The second kappa shape index (κ2) is 5.47. The topological polar surface area (TPSA) is 42.0 Å². The number of rotatable bonds is 3. The number of hydrogen-bond donors (Lipinski definition) is 1. The highest BCUT2D eigenvalue weighted by atomic mass is 79.9. The summed E-state index contributed by atoms with van der Waals surface area (Å²) < 4.78 is 0. The van der Waals surface area contributed by atoms with Crippen LogP contribution in [0.4, 0.5) is 5.82 Å². The van der Waals surface area contributed by atoms with Crippen molar-refractivity contribution in [2.24, 2.45) is 0 Å². The van der Waals surface area contributed by atoms with Crippen LogP contribution < -0.4 is 5.32 Å². The SMILES string of the molecule is CCC(Br)C(=O)Nc1ncc(Cl)cc1C. The molecule has 0 aliphatic heterocycles. The minimum Gasteiger partial charge on any atom is -0.310 e. The van der Waals surface area contributed by atoms with E-state index in [1.807, 2.05) is 13.8 Å². The second-order valence-electron chi connectivity index (χ2n) is 3.18. The average Bonchev–Trinajstić information content (AvgIpc) is 2.20. The predicted molar refractivity (Wildman–Crippen MR) is 65.6 cm³/mol. The Balaban J connectivity index is 2.77. The summed E-state index contributed by atoms with van der Waals surface area (Å²) in [5.41, 5.74) is 0.853. The zero-order chi connectivity index (χ0) is 11.4. The first-order valence-corrected chi connectivity index (χ1v) is 5.91. The summed E-state index contributed by atoms with van der Waals surface area (Å²) in [6, 6.07) is 1.76. The molecular formula is C10H12BrClN2O.